The van der Waals surface area contributed by atoms with Crippen molar-refractivity contribution in [2.45, 2.75) is 26.3 Å². The first kappa shape index (κ1) is 15.0. The molecule has 0 bridgehead atoms. The van der Waals surface area contributed by atoms with Crippen molar-refractivity contribution in [1.82, 2.24) is 10.2 Å². The van der Waals surface area contributed by atoms with Crippen molar-refractivity contribution >= 4 is 17.8 Å². The van der Waals surface area contributed by atoms with Gasteiger partial charge in [0.25, 0.3) is 5.91 Å². The second-order valence-corrected chi connectivity index (χ2v) is 5.20. The summed E-state index contributed by atoms with van der Waals surface area (Å²) in [5, 5.41) is 11.5. The van der Waals surface area contributed by atoms with Crippen LogP contribution in [0.4, 0.5) is 0 Å². The van der Waals surface area contributed by atoms with E-state index in [4.69, 9.17) is 5.11 Å². The molecule has 2 rings (SSSR count). The molecule has 2 amide bonds. The van der Waals surface area contributed by atoms with E-state index in [-0.39, 0.29) is 12.3 Å². The third kappa shape index (κ3) is 3.21. The average molecular weight is 290 g/mol. The summed E-state index contributed by atoms with van der Waals surface area (Å²) < 4.78 is 0. The Hall–Kier alpha value is -2.37. The van der Waals surface area contributed by atoms with Crippen molar-refractivity contribution in [2.75, 3.05) is 13.1 Å². The number of carbonyl (C=O) groups is 3. The molecule has 1 unspecified atom stereocenters. The number of rotatable bonds is 3. The highest BCUT2D eigenvalue weighted by Gasteiger charge is 2.35. The van der Waals surface area contributed by atoms with Gasteiger partial charge < -0.3 is 15.3 Å². The number of hydrogen-bond acceptors (Lipinski definition) is 3. The summed E-state index contributed by atoms with van der Waals surface area (Å²) in [5.41, 5.74) is 2.53. The normalized spacial score (nSPS) is 18.3. The van der Waals surface area contributed by atoms with Crippen LogP contribution in [0.15, 0.2) is 18.2 Å². The van der Waals surface area contributed by atoms with Gasteiger partial charge in [0, 0.05) is 18.7 Å². The van der Waals surface area contributed by atoms with E-state index in [1.165, 1.54) is 4.90 Å². The fourth-order valence-corrected chi connectivity index (χ4v) is 2.37. The van der Waals surface area contributed by atoms with Crippen LogP contribution in [0.5, 0.6) is 0 Å². The minimum atomic E-state index is -1.10. The Bertz CT molecular complexity index is 597. The zero-order valence-corrected chi connectivity index (χ0v) is 12.0. The monoisotopic (exact) mass is 290 g/mol. The molecule has 1 saturated heterocycles. The van der Waals surface area contributed by atoms with Crippen molar-refractivity contribution in [3.63, 3.8) is 0 Å². The van der Waals surface area contributed by atoms with Crippen molar-refractivity contribution in [2.24, 2.45) is 0 Å². The Morgan fingerprint density at radius 2 is 2.05 bits per heavy atom. The highest BCUT2D eigenvalue weighted by Crippen LogP contribution is 2.16. The van der Waals surface area contributed by atoms with Gasteiger partial charge in [-0.1, -0.05) is 6.07 Å². The zero-order valence-electron chi connectivity index (χ0n) is 12.0. The molecule has 0 aromatic heterocycles. The summed E-state index contributed by atoms with van der Waals surface area (Å²) in [6.07, 6.45) is -0.386. The van der Waals surface area contributed by atoms with Crippen LogP contribution in [0.25, 0.3) is 0 Å². The first-order valence-corrected chi connectivity index (χ1v) is 6.78. The predicted molar refractivity (Wildman–Crippen MR) is 76.0 cm³/mol. The Labute approximate surface area is 122 Å². The van der Waals surface area contributed by atoms with Crippen LogP contribution in [0.1, 0.15) is 27.9 Å². The summed E-state index contributed by atoms with van der Waals surface area (Å²) in [5.74, 6) is -1.82. The molecule has 1 aromatic rings. The number of carboxylic acids is 1. The molecule has 21 heavy (non-hydrogen) atoms. The van der Waals surface area contributed by atoms with Gasteiger partial charge in [-0.15, -0.1) is 0 Å². The second-order valence-electron chi connectivity index (χ2n) is 5.20. The lowest BCUT2D eigenvalue weighted by Crippen LogP contribution is -2.57. The van der Waals surface area contributed by atoms with Crippen LogP contribution in [0.3, 0.4) is 0 Å². The number of hydrogen-bond donors (Lipinski definition) is 2. The molecule has 0 saturated carbocycles. The maximum Gasteiger partial charge on any atom is 0.305 e. The molecular formula is C15H18N2O4. The number of benzene rings is 1. The van der Waals surface area contributed by atoms with Crippen LogP contribution in [0.2, 0.25) is 0 Å². The third-order valence-corrected chi connectivity index (χ3v) is 3.71. The Morgan fingerprint density at radius 3 is 2.67 bits per heavy atom. The van der Waals surface area contributed by atoms with Crippen LogP contribution >= 0.6 is 0 Å². The number of amides is 2. The third-order valence-electron chi connectivity index (χ3n) is 3.71. The average Bonchev–Trinajstić information content (AvgIpc) is 2.43. The fourth-order valence-electron chi connectivity index (χ4n) is 2.37. The smallest absolute Gasteiger partial charge is 0.305 e. The van der Waals surface area contributed by atoms with Gasteiger partial charge in [0.2, 0.25) is 5.91 Å². The minimum Gasteiger partial charge on any atom is -0.481 e. The molecule has 0 radical (unpaired) electrons. The first-order chi connectivity index (χ1) is 9.90. The number of piperazine rings is 1. The lowest BCUT2D eigenvalue weighted by Gasteiger charge is -2.34. The van der Waals surface area contributed by atoms with E-state index in [2.05, 4.69) is 5.32 Å². The number of nitrogens with zero attached hydrogens (tertiary/aromatic N) is 1. The molecule has 1 aliphatic rings. The van der Waals surface area contributed by atoms with Gasteiger partial charge in [-0.2, -0.15) is 0 Å². The van der Waals surface area contributed by atoms with Gasteiger partial charge in [-0.05, 0) is 37.1 Å². The molecule has 6 heteroatoms. The number of carboxylic acid groups (broad SMARTS) is 1. The number of aliphatic carboxylic acids is 1. The van der Waals surface area contributed by atoms with Gasteiger partial charge in [0.15, 0.2) is 0 Å². The van der Waals surface area contributed by atoms with Gasteiger partial charge >= 0.3 is 5.97 Å². The number of carbonyl (C=O) groups excluding carboxylic acids is 2. The molecule has 112 valence electrons. The SMILES string of the molecule is Cc1ccc(C(=O)N2CCNC(=O)C2CC(=O)O)cc1C. The van der Waals surface area contributed by atoms with Crippen molar-refractivity contribution in [3.8, 4) is 0 Å². The van der Waals surface area contributed by atoms with Crippen LogP contribution < -0.4 is 5.32 Å². The summed E-state index contributed by atoms with van der Waals surface area (Å²) in [4.78, 5) is 36.6. The molecule has 1 aliphatic heterocycles. The van der Waals surface area contributed by atoms with E-state index in [9.17, 15) is 14.4 Å². The van der Waals surface area contributed by atoms with Crippen LogP contribution in [-0.2, 0) is 9.59 Å². The second kappa shape index (κ2) is 5.95. The Balaban J connectivity index is 2.27. The quantitative estimate of drug-likeness (QED) is 0.858. The van der Waals surface area contributed by atoms with E-state index in [0.717, 1.165) is 11.1 Å². The molecular weight excluding hydrogens is 272 g/mol. The molecule has 1 aromatic carbocycles. The predicted octanol–water partition coefficient (Wildman–Crippen LogP) is 0.719. The van der Waals surface area contributed by atoms with E-state index < -0.39 is 17.9 Å². The lowest BCUT2D eigenvalue weighted by atomic mass is 10.0. The Kier molecular flexibility index (Phi) is 4.26. The Morgan fingerprint density at radius 1 is 1.33 bits per heavy atom. The first-order valence-electron chi connectivity index (χ1n) is 6.78. The molecule has 1 heterocycles. The van der Waals surface area contributed by atoms with Crippen LogP contribution in [-0.4, -0.2) is 46.9 Å². The highest BCUT2D eigenvalue weighted by molar-refractivity contribution is 5.99. The van der Waals surface area contributed by atoms with E-state index in [1.54, 1.807) is 12.1 Å². The molecule has 1 atom stereocenters. The molecule has 6 nitrogen and oxygen atoms in total. The largest absolute Gasteiger partial charge is 0.481 e. The minimum absolute atomic E-state index is 0.306. The van der Waals surface area contributed by atoms with Gasteiger partial charge in [-0.3, -0.25) is 14.4 Å². The summed E-state index contributed by atoms with van der Waals surface area (Å²) in [6.45, 7) is 4.51. The maximum absolute atomic E-state index is 12.6. The number of nitrogens with one attached hydrogen (secondary N) is 1. The number of aryl methyl sites for hydroxylation is 2. The van der Waals surface area contributed by atoms with Gasteiger partial charge in [0.05, 0.1) is 6.42 Å². The van der Waals surface area contributed by atoms with E-state index in [1.807, 2.05) is 19.9 Å². The van der Waals surface area contributed by atoms with Crippen LogP contribution in [0, 0.1) is 13.8 Å². The highest BCUT2D eigenvalue weighted by atomic mass is 16.4. The summed E-state index contributed by atoms with van der Waals surface area (Å²) in [7, 11) is 0. The topological polar surface area (TPSA) is 86.7 Å². The lowest BCUT2D eigenvalue weighted by molar-refractivity contribution is -0.142. The standard InChI is InChI=1S/C15H18N2O4/c1-9-3-4-11(7-10(9)2)15(21)17-6-5-16-14(20)12(17)8-13(18)19/h3-4,7,12H,5-6,8H2,1-2H3,(H,16,20)(H,18,19). The van der Waals surface area contributed by atoms with Crippen molar-refractivity contribution in [3.05, 3.63) is 34.9 Å². The van der Waals surface area contributed by atoms with Gasteiger partial charge in [-0.25, -0.2) is 0 Å². The van der Waals surface area contributed by atoms with Crippen molar-refractivity contribution < 1.29 is 19.5 Å². The summed E-state index contributed by atoms with van der Waals surface area (Å²) >= 11 is 0. The zero-order chi connectivity index (χ0) is 15.6. The fraction of sp³-hybridized carbons (Fsp3) is 0.400. The van der Waals surface area contributed by atoms with E-state index >= 15 is 0 Å². The summed E-state index contributed by atoms with van der Waals surface area (Å²) in [6, 6.07) is 4.36. The molecule has 0 aliphatic carbocycles. The maximum atomic E-state index is 12.6. The molecule has 2 N–H and O–H groups in total. The molecule has 1 fully saturated rings. The van der Waals surface area contributed by atoms with Crippen molar-refractivity contribution in [1.29, 1.82) is 0 Å². The van der Waals surface area contributed by atoms with E-state index in [0.29, 0.717) is 18.7 Å². The van der Waals surface area contributed by atoms with Gasteiger partial charge in [0.1, 0.15) is 6.04 Å². The molecule has 0 spiro atoms.